The third-order valence-electron chi connectivity index (χ3n) is 5.33. The van der Waals surface area contributed by atoms with Crippen molar-refractivity contribution in [3.63, 3.8) is 0 Å². The zero-order chi connectivity index (χ0) is 20.1. The van der Waals surface area contributed by atoms with Crippen LogP contribution in [0, 0.1) is 6.92 Å². The monoisotopic (exact) mass is 396 g/mol. The molecule has 146 valence electrons. The van der Waals surface area contributed by atoms with Crippen LogP contribution in [0.4, 0.5) is 0 Å². The number of aromatic nitrogens is 3. The molecule has 0 aliphatic carbocycles. The van der Waals surface area contributed by atoms with Crippen LogP contribution in [0.25, 0.3) is 10.9 Å². The van der Waals surface area contributed by atoms with E-state index >= 15 is 0 Å². The van der Waals surface area contributed by atoms with Crippen molar-refractivity contribution < 1.29 is 0 Å². The number of H-pyrrole nitrogens is 1. The number of hydrogen-bond acceptors (Lipinski definition) is 4. The van der Waals surface area contributed by atoms with Gasteiger partial charge < -0.3 is 4.98 Å². The van der Waals surface area contributed by atoms with Gasteiger partial charge in [0.1, 0.15) is 11.0 Å². The van der Waals surface area contributed by atoms with Gasteiger partial charge in [-0.2, -0.15) is 0 Å². The maximum atomic E-state index is 12.6. The predicted octanol–water partition coefficient (Wildman–Crippen LogP) is 4.14. The Bertz CT molecular complexity index is 1110. The van der Waals surface area contributed by atoms with Gasteiger partial charge in [-0.15, -0.1) is 0 Å². The van der Waals surface area contributed by atoms with Gasteiger partial charge in [-0.25, -0.2) is 9.97 Å². The summed E-state index contributed by atoms with van der Waals surface area (Å²) in [6.07, 6.45) is 0.764. The van der Waals surface area contributed by atoms with E-state index in [1.165, 1.54) is 0 Å². The molecule has 0 unspecified atom stereocenters. The van der Waals surface area contributed by atoms with E-state index in [1.807, 2.05) is 19.1 Å². The highest BCUT2D eigenvalue weighted by molar-refractivity contribution is 6.30. The normalized spacial score (nSPS) is 15.0. The van der Waals surface area contributed by atoms with Gasteiger partial charge in [0.2, 0.25) is 0 Å². The van der Waals surface area contributed by atoms with E-state index in [4.69, 9.17) is 16.6 Å². The largest absolute Gasteiger partial charge is 0.310 e. The zero-order valence-corrected chi connectivity index (χ0v) is 17.5. The lowest BCUT2D eigenvalue weighted by Crippen LogP contribution is -2.37. The van der Waals surface area contributed by atoms with Crippen molar-refractivity contribution >= 4 is 22.5 Å². The van der Waals surface area contributed by atoms with Crippen LogP contribution in [0.5, 0.6) is 0 Å². The first-order chi connectivity index (χ1) is 13.2. The van der Waals surface area contributed by atoms with E-state index in [9.17, 15) is 4.79 Å². The highest BCUT2D eigenvalue weighted by Crippen LogP contribution is 2.26. The topological polar surface area (TPSA) is 61.9 Å². The Balaban J connectivity index is 1.61. The molecule has 0 saturated heterocycles. The van der Waals surface area contributed by atoms with Crippen molar-refractivity contribution in [1.29, 1.82) is 0 Å². The van der Waals surface area contributed by atoms with Crippen molar-refractivity contribution in [3.8, 4) is 0 Å². The number of rotatable bonds is 2. The fourth-order valence-corrected chi connectivity index (χ4v) is 3.89. The van der Waals surface area contributed by atoms with E-state index in [0.29, 0.717) is 18.2 Å². The second kappa shape index (κ2) is 6.98. The molecule has 0 fully saturated rings. The number of para-hydroxylation sites is 1. The average molecular weight is 397 g/mol. The smallest absolute Gasteiger partial charge is 0.255 e. The molecule has 0 spiro atoms. The van der Waals surface area contributed by atoms with Gasteiger partial charge in [0, 0.05) is 42.4 Å². The number of nitrogens with one attached hydrogen (secondary N) is 1. The van der Waals surface area contributed by atoms with E-state index in [2.05, 4.69) is 47.8 Å². The van der Waals surface area contributed by atoms with Gasteiger partial charge in [-0.1, -0.05) is 50.6 Å². The summed E-state index contributed by atoms with van der Waals surface area (Å²) in [4.78, 5) is 27.2. The van der Waals surface area contributed by atoms with Crippen molar-refractivity contribution in [2.75, 3.05) is 6.54 Å². The van der Waals surface area contributed by atoms with Crippen molar-refractivity contribution in [2.24, 2.45) is 0 Å². The molecule has 0 atom stereocenters. The van der Waals surface area contributed by atoms with E-state index < -0.39 is 0 Å². The van der Waals surface area contributed by atoms with E-state index in [-0.39, 0.29) is 11.0 Å². The summed E-state index contributed by atoms with van der Waals surface area (Å²) in [5, 5.41) is 1.62. The molecule has 6 heteroatoms. The summed E-state index contributed by atoms with van der Waals surface area (Å²) in [6.45, 7) is 10.3. The molecular formula is C22H25ClN4O. The summed E-state index contributed by atoms with van der Waals surface area (Å²) in [5.41, 5.74) is 4.52. The van der Waals surface area contributed by atoms with Crippen LogP contribution in [-0.2, 0) is 24.9 Å². The van der Waals surface area contributed by atoms with Gasteiger partial charge in [0.05, 0.1) is 16.8 Å². The molecule has 28 heavy (non-hydrogen) atoms. The lowest BCUT2D eigenvalue weighted by Gasteiger charge is -2.29. The minimum absolute atomic E-state index is 0.0296. The van der Waals surface area contributed by atoms with Crippen molar-refractivity contribution in [3.05, 3.63) is 68.0 Å². The van der Waals surface area contributed by atoms with Crippen LogP contribution < -0.4 is 5.56 Å². The summed E-state index contributed by atoms with van der Waals surface area (Å²) < 4.78 is 0. The standard InChI is InChI=1S/C22H25ClN4O/c1-13-6-5-7-14-10-15(19(23)25-18(13)14)11-27-9-8-17-16(12-27)20(28)26-21(24-17)22(2,3)4/h5-7,10H,8-9,11-12H2,1-4H3,(H,24,26,28). The highest BCUT2D eigenvalue weighted by Gasteiger charge is 2.25. The number of nitrogens with zero attached hydrogens (tertiary/aromatic N) is 3. The predicted molar refractivity (Wildman–Crippen MR) is 113 cm³/mol. The Labute approximate surface area is 169 Å². The first-order valence-corrected chi connectivity index (χ1v) is 10.00. The maximum absolute atomic E-state index is 12.6. The number of benzene rings is 1. The molecule has 1 aliphatic rings. The number of aryl methyl sites for hydroxylation is 1. The van der Waals surface area contributed by atoms with Crippen LogP contribution in [0.2, 0.25) is 5.15 Å². The van der Waals surface area contributed by atoms with E-state index in [1.54, 1.807) is 0 Å². The third-order valence-corrected chi connectivity index (χ3v) is 5.65. The average Bonchev–Trinajstić information content (AvgIpc) is 2.63. The Morgan fingerprint density at radius 3 is 2.79 bits per heavy atom. The summed E-state index contributed by atoms with van der Waals surface area (Å²) in [5.74, 6) is 0.752. The van der Waals surface area contributed by atoms with Crippen molar-refractivity contribution in [1.82, 2.24) is 19.9 Å². The lowest BCUT2D eigenvalue weighted by molar-refractivity contribution is 0.241. The number of aromatic amines is 1. The van der Waals surface area contributed by atoms with Crippen LogP contribution >= 0.6 is 11.6 Å². The number of fused-ring (bicyclic) bond motifs is 2. The Morgan fingerprint density at radius 2 is 2.04 bits per heavy atom. The van der Waals surface area contributed by atoms with Crippen LogP contribution in [0.3, 0.4) is 0 Å². The number of halogens is 1. The number of pyridine rings is 1. The molecule has 3 aromatic rings. The molecule has 0 saturated carbocycles. The quantitative estimate of drug-likeness (QED) is 0.661. The van der Waals surface area contributed by atoms with Gasteiger partial charge in [0.25, 0.3) is 5.56 Å². The van der Waals surface area contributed by atoms with E-state index in [0.717, 1.165) is 52.1 Å². The van der Waals surface area contributed by atoms with Gasteiger partial charge >= 0.3 is 0 Å². The molecule has 1 aromatic carbocycles. The van der Waals surface area contributed by atoms with Crippen LogP contribution in [0.15, 0.2) is 29.1 Å². The van der Waals surface area contributed by atoms with Gasteiger partial charge in [-0.3, -0.25) is 9.69 Å². The molecule has 3 heterocycles. The summed E-state index contributed by atoms with van der Waals surface area (Å²) in [6, 6.07) is 8.24. The van der Waals surface area contributed by atoms with Gasteiger partial charge in [0.15, 0.2) is 0 Å². The minimum atomic E-state index is -0.173. The molecule has 1 N–H and O–H groups in total. The first kappa shape index (κ1) is 19.1. The van der Waals surface area contributed by atoms with Crippen molar-refractivity contribution in [2.45, 2.75) is 52.6 Å². The highest BCUT2D eigenvalue weighted by atomic mass is 35.5. The fourth-order valence-electron chi connectivity index (χ4n) is 3.69. The first-order valence-electron chi connectivity index (χ1n) is 9.62. The fraction of sp³-hybridized carbons (Fsp3) is 0.409. The summed E-state index contributed by atoms with van der Waals surface area (Å²) in [7, 11) is 0. The molecule has 0 bridgehead atoms. The Kier molecular flexibility index (Phi) is 4.76. The maximum Gasteiger partial charge on any atom is 0.255 e. The zero-order valence-electron chi connectivity index (χ0n) is 16.8. The molecule has 4 rings (SSSR count). The molecule has 0 amide bonds. The van der Waals surface area contributed by atoms with Crippen LogP contribution in [-0.4, -0.2) is 26.4 Å². The summed E-state index contributed by atoms with van der Waals surface area (Å²) >= 11 is 6.48. The van der Waals surface area contributed by atoms with Gasteiger partial charge in [-0.05, 0) is 18.6 Å². The second-order valence-corrected chi connectivity index (χ2v) is 8.99. The molecule has 1 aliphatic heterocycles. The minimum Gasteiger partial charge on any atom is -0.310 e. The molecule has 0 radical (unpaired) electrons. The molecular weight excluding hydrogens is 372 g/mol. The third kappa shape index (κ3) is 3.56. The Morgan fingerprint density at radius 1 is 1.25 bits per heavy atom. The Hall–Kier alpha value is -2.24. The molecule has 5 nitrogen and oxygen atoms in total. The lowest BCUT2D eigenvalue weighted by atomic mass is 9.95. The second-order valence-electron chi connectivity index (χ2n) is 8.64. The molecule has 2 aromatic heterocycles. The SMILES string of the molecule is Cc1cccc2cc(CN3CCc4nc(C(C)(C)C)[nH]c(=O)c4C3)c(Cl)nc12. The van der Waals surface area contributed by atoms with Crippen LogP contribution in [0.1, 0.15) is 49.0 Å². The number of hydrogen-bond donors (Lipinski definition) is 1.